The Morgan fingerprint density at radius 3 is 2.63 bits per heavy atom. The summed E-state index contributed by atoms with van der Waals surface area (Å²) < 4.78 is 2.93. The second-order valence-corrected chi connectivity index (χ2v) is 5.19. The van der Waals surface area contributed by atoms with Gasteiger partial charge in [-0.05, 0) is 40.2 Å². The Hall–Kier alpha value is -1.88. The molecule has 0 radical (unpaired) electrons. The summed E-state index contributed by atoms with van der Waals surface area (Å²) in [7, 11) is 4.04. The molecule has 3 rings (SSSR count). The number of pyridine rings is 2. The van der Waals surface area contributed by atoms with Crippen LogP contribution in [-0.2, 0) is 0 Å². The smallest absolute Gasteiger partial charge is 0.166 e. The Balaban J connectivity index is 2.37. The molecular formula is C14H13BrN4. The van der Waals surface area contributed by atoms with Crippen molar-refractivity contribution in [1.82, 2.24) is 14.4 Å². The molecule has 0 bridgehead atoms. The van der Waals surface area contributed by atoms with Gasteiger partial charge in [-0.15, -0.1) is 0 Å². The molecule has 0 aliphatic rings. The number of nitrogens with zero attached hydrogens (tertiary/aromatic N) is 4. The zero-order valence-electron chi connectivity index (χ0n) is 10.7. The van der Waals surface area contributed by atoms with Crippen molar-refractivity contribution in [2.75, 3.05) is 19.0 Å². The molecule has 0 fully saturated rings. The summed E-state index contributed by atoms with van der Waals surface area (Å²) in [6.07, 6.45) is 1.78. The third-order valence-corrected chi connectivity index (χ3v) is 3.53. The monoisotopic (exact) mass is 316 g/mol. The van der Waals surface area contributed by atoms with Gasteiger partial charge in [0.05, 0.1) is 5.52 Å². The topological polar surface area (TPSA) is 33.4 Å². The van der Waals surface area contributed by atoms with Crippen LogP contribution in [0.1, 0.15) is 0 Å². The average molecular weight is 317 g/mol. The molecule has 3 aromatic heterocycles. The summed E-state index contributed by atoms with van der Waals surface area (Å²) in [6.45, 7) is 0. The van der Waals surface area contributed by atoms with E-state index in [1.807, 2.05) is 44.4 Å². The Morgan fingerprint density at radius 1 is 1.11 bits per heavy atom. The first kappa shape index (κ1) is 12.2. The summed E-state index contributed by atoms with van der Waals surface area (Å²) in [4.78, 5) is 11.0. The van der Waals surface area contributed by atoms with Gasteiger partial charge in [0.25, 0.3) is 0 Å². The van der Waals surface area contributed by atoms with Gasteiger partial charge in [0.15, 0.2) is 5.82 Å². The highest BCUT2D eigenvalue weighted by molar-refractivity contribution is 9.10. The van der Waals surface area contributed by atoms with E-state index in [-0.39, 0.29) is 0 Å². The molecule has 0 aromatic carbocycles. The van der Waals surface area contributed by atoms with Crippen molar-refractivity contribution in [2.45, 2.75) is 0 Å². The fourth-order valence-electron chi connectivity index (χ4n) is 2.10. The van der Waals surface area contributed by atoms with Crippen molar-refractivity contribution in [3.05, 3.63) is 47.2 Å². The van der Waals surface area contributed by atoms with Crippen LogP contribution in [0, 0.1) is 0 Å². The van der Waals surface area contributed by atoms with Gasteiger partial charge in [-0.25, -0.2) is 4.98 Å². The van der Waals surface area contributed by atoms with Gasteiger partial charge >= 0.3 is 0 Å². The molecule has 19 heavy (non-hydrogen) atoms. The van der Waals surface area contributed by atoms with Crippen molar-refractivity contribution in [3.8, 4) is 11.5 Å². The largest absolute Gasteiger partial charge is 0.364 e. The van der Waals surface area contributed by atoms with Gasteiger partial charge in [-0.2, -0.15) is 0 Å². The maximum absolute atomic E-state index is 4.59. The molecular weight excluding hydrogens is 304 g/mol. The number of rotatable bonds is 2. The van der Waals surface area contributed by atoms with Gasteiger partial charge in [-0.1, -0.05) is 12.1 Å². The SMILES string of the molecule is CN(C)c1cccc2c(Br)nc(-c3ccccn3)n12. The summed E-state index contributed by atoms with van der Waals surface area (Å²) in [6, 6.07) is 12.0. The minimum absolute atomic E-state index is 0.830. The van der Waals surface area contributed by atoms with E-state index in [1.165, 1.54) is 0 Å². The summed E-state index contributed by atoms with van der Waals surface area (Å²) in [5.74, 6) is 1.91. The lowest BCUT2D eigenvalue weighted by Gasteiger charge is -2.16. The van der Waals surface area contributed by atoms with Gasteiger partial charge < -0.3 is 4.90 Å². The molecule has 0 N–H and O–H groups in total. The minimum atomic E-state index is 0.830. The number of hydrogen-bond acceptors (Lipinski definition) is 3. The van der Waals surface area contributed by atoms with E-state index in [2.05, 4.69) is 41.3 Å². The van der Waals surface area contributed by atoms with Gasteiger partial charge in [0, 0.05) is 20.3 Å². The van der Waals surface area contributed by atoms with Crippen LogP contribution in [-0.4, -0.2) is 28.5 Å². The molecule has 0 aliphatic heterocycles. The molecule has 0 amide bonds. The van der Waals surface area contributed by atoms with Crippen LogP contribution in [0.4, 0.5) is 5.82 Å². The molecule has 0 saturated heterocycles. The summed E-state index contributed by atoms with van der Waals surface area (Å²) in [5, 5.41) is 0. The molecule has 3 heterocycles. The first-order chi connectivity index (χ1) is 9.18. The van der Waals surface area contributed by atoms with Gasteiger partial charge in [0.2, 0.25) is 0 Å². The first-order valence-corrected chi connectivity index (χ1v) is 6.73. The highest BCUT2D eigenvalue weighted by Crippen LogP contribution is 2.29. The summed E-state index contributed by atoms with van der Waals surface area (Å²) >= 11 is 3.52. The summed E-state index contributed by atoms with van der Waals surface area (Å²) in [5.41, 5.74) is 1.89. The molecule has 0 spiro atoms. The number of imidazole rings is 1. The zero-order chi connectivity index (χ0) is 13.4. The maximum atomic E-state index is 4.59. The van der Waals surface area contributed by atoms with E-state index in [4.69, 9.17) is 0 Å². The fraction of sp³-hybridized carbons (Fsp3) is 0.143. The number of hydrogen-bond donors (Lipinski definition) is 0. The lowest BCUT2D eigenvalue weighted by molar-refractivity contribution is 1.02. The van der Waals surface area contributed by atoms with Gasteiger partial charge in [0.1, 0.15) is 16.1 Å². The van der Waals surface area contributed by atoms with Crippen molar-refractivity contribution in [3.63, 3.8) is 0 Å². The van der Waals surface area contributed by atoms with E-state index < -0.39 is 0 Å². The number of aromatic nitrogens is 3. The highest BCUT2D eigenvalue weighted by Gasteiger charge is 2.15. The van der Waals surface area contributed by atoms with Crippen LogP contribution >= 0.6 is 15.9 Å². The molecule has 3 aromatic rings. The second kappa shape index (κ2) is 4.66. The Morgan fingerprint density at radius 2 is 1.95 bits per heavy atom. The van der Waals surface area contributed by atoms with Crippen LogP contribution in [0.2, 0.25) is 0 Å². The number of anilines is 1. The van der Waals surface area contributed by atoms with Crippen LogP contribution < -0.4 is 4.90 Å². The molecule has 0 aliphatic carbocycles. The Labute approximate surface area is 119 Å². The van der Waals surface area contributed by atoms with E-state index in [1.54, 1.807) is 6.20 Å². The van der Waals surface area contributed by atoms with E-state index >= 15 is 0 Å². The second-order valence-electron chi connectivity index (χ2n) is 4.44. The van der Waals surface area contributed by atoms with Crippen LogP contribution in [0.5, 0.6) is 0 Å². The van der Waals surface area contributed by atoms with Crippen molar-refractivity contribution < 1.29 is 0 Å². The van der Waals surface area contributed by atoms with Crippen molar-refractivity contribution >= 4 is 27.3 Å². The molecule has 0 unspecified atom stereocenters. The minimum Gasteiger partial charge on any atom is -0.364 e. The van der Waals surface area contributed by atoms with Gasteiger partial charge in [-0.3, -0.25) is 9.38 Å². The highest BCUT2D eigenvalue weighted by atomic mass is 79.9. The Kier molecular flexibility index (Phi) is 2.98. The van der Waals surface area contributed by atoms with E-state index in [0.717, 1.165) is 27.5 Å². The average Bonchev–Trinajstić information content (AvgIpc) is 2.77. The lowest BCUT2D eigenvalue weighted by Crippen LogP contribution is -2.13. The molecule has 5 heteroatoms. The van der Waals surface area contributed by atoms with E-state index in [0.29, 0.717) is 0 Å². The standard InChI is InChI=1S/C14H13BrN4/c1-18(2)12-8-5-7-11-13(15)17-14(19(11)12)10-6-3-4-9-16-10/h3-9H,1-2H3. The molecule has 0 atom stereocenters. The zero-order valence-corrected chi connectivity index (χ0v) is 12.3. The number of fused-ring (bicyclic) bond motifs is 1. The van der Waals surface area contributed by atoms with Crippen molar-refractivity contribution in [1.29, 1.82) is 0 Å². The van der Waals surface area contributed by atoms with Crippen molar-refractivity contribution in [2.24, 2.45) is 0 Å². The molecule has 4 nitrogen and oxygen atoms in total. The normalized spacial score (nSPS) is 10.9. The predicted molar refractivity (Wildman–Crippen MR) is 80.5 cm³/mol. The quantitative estimate of drug-likeness (QED) is 0.728. The third kappa shape index (κ3) is 2.00. The molecule has 96 valence electrons. The van der Waals surface area contributed by atoms with Crippen LogP contribution in [0.15, 0.2) is 47.2 Å². The maximum Gasteiger partial charge on any atom is 0.166 e. The fourth-order valence-corrected chi connectivity index (χ4v) is 2.58. The van der Waals surface area contributed by atoms with Crippen LogP contribution in [0.25, 0.3) is 17.0 Å². The Bertz CT molecular complexity index is 719. The lowest BCUT2D eigenvalue weighted by atomic mass is 10.3. The predicted octanol–water partition coefficient (Wildman–Crippen LogP) is 3.22. The number of halogens is 1. The first-order valence-electron chi connectivity index (χ1n) is 5.94. The third-order valence-electron chi connectivity index (χ3n) is 2.95. The molecule has 0 saturated carbocycles. The van der Waals surface area contributed by atoms with E-state index in [9.17, 15) is 0 Å². The van der Waals surface area contributed by atoms with Crippen LogP contribution in [0.3, 0.4) is 0 Å².